The normalized spacial score (nSPS) is 15.7. The Bertz CT molecular complexity index is 737. The van der Waals surface area contributed by atoms with Gasteiger partial charge in [-0.25, -0.2) is 4.39 Å². The quantitative estimate of drug-likeness (QED) is 0.835. The molecule has 2 aromatic carbocycles. The van der Waals surface area contributed by atoms with Crippen molar-refractivity contribution in [2.45, 2.75) is 6.54 Å². The van der Waals surface area contributed by atoms with Gasteiger partial charge < -0.3 is 4.74 Å². The molecule has 0 bridgehead atoms. The van der Waals surface area contributed by atoms with Crippen LogP contribution in [-0.2, 0) is 11.3 Å². The Hall–Kier alpha value is -2.34. The number of amides is 1. The third kappa shape index (κ3) is 4.14. The minimum atomic E-state index is -0.473. The lowest BCUT2D eigenvalue weighted by Gasteiger charge is -2.16. The molecule has 2 aromatic rings. The Balaban J connectivity index is 1.60. The van der Waals surface area contributed by atoms with E-state index >= 15 is 0 Å². The van der Waals surface area contributed by atoms with Gasteiger partial charge >= 0.3 is 0 Å². The van der Waals surface area contributed by atoms with Crippen LogP contribution in [0.25, 0.3) is 0 Å². The fourth-order valence-electron chi connectivity index (χ4n) is 2.29. The Labute approximate surface area is 144 Å². The maximum absolute atomic E-state index is 13.5. The summed E-state index contributed by atoms with van der Waals surface area (Å²) in [4.78, 5) is 18.5. The number of halogens is 1. The largest absolute Gasteiger partial charge is 0.481 e. The molecule has 0 spiro atoms. The summed E-state index contributed by atoms with van der Waals surface area (Å²) in [5.74, 6) is 0.202. The number of para-hydroxylation sites is 1. The number of carbonyl (C=O) groups excluding carboxylic acids is 1. The van der Waals surface area contributed by atoms with Crippen LogP contribution in [0.2, 0.25) is 0 Å². The van der Waals surface area contributed by atoms with Gasteiger partial charge in [-0.1, -0.05) is 54.2 Å². The van der Waals surface area contributed by atoms with Crippen molar-refractivity contribution < 1.29 is 13.9 Å². The predicted octanol–water partition coefficient (Wildman–Crippen LogP) is 3.34. The number of nitrogens with zero attached hydrogens (tertiary/aromatic N) is 2. The lowest BCUT2D eigenvalue weighted by molar-refractivity contribution is -0.129. The van der Waals surface area contributed by atoms with Crippen LogP contribution in [0.5, 0.6) is 5.75 Å². The molecule has 1 fully saturated rings. The number of thioether (sulfide) groups is 1. The van der Waals surface area contributed by atoms with E-state index in [-0.39, 0.29) is 18.3 Å². The van der Waals surface area contributed by atoms with Gasteiger partial charge in [-0.2, -0.15) is 0 Å². The highest BCUT2D eigenvalue weighted by molar-refractivity contribution is 8.14. The summed E-state index contributed by atoms with van der Waals surface area (Å²) in [6, 6.07) is 15.9. The summed E-state index contributed by atoms with van der Waals surface area (Å²) >= 11 is 1.55. The van der Waals surface area contributed by atoms with Gasteiger partial charge in [0.1, 0.15) is 0 Å². The molecule has 1 aliphatic rings. The van der Waals surface area contributed by atoms with Gasteiger partial charge in [0.15, 0.2) is 23.3 Å². The molecular formula is C18H17FN2O2S. The summed E-state index contributed by atoms with van der Waals surface area (Å²) in [7, 11) is 0. The summed E-state index contributed by atoms with van der Waals surface area (Å²) in [5, 5.41) is 0.695. The van der Waals surface area contributed by atoms with Crippen molar-refractivity contribution in [2.75, 3.05) is 18.9 Å². The first-order valence-electron chi connectivity index (χ1n) is 7.63. The van der Waals surface area contributed by atoms with Crippen molar-refractivity contribution in [1.29, 1.82) is 0 Å². The van der Waals surface area contributed by atoms with Gasteiger partial charge in [-0.15, -0.1) is 0 Å². The molecule has 124 valence electrons. The van der Waals surface area contributed by atoms with Crippen molar-refractivity contribution >= 4 is 22.8 Å². The predicted molar refractivity (Wildman–Crippen MR) is 93.6 cm³/mol. The molecule has 1 aliphatic heterocycles. The molecule has 3 rings (SSSR count). The zero-order valence-electron chi connectivity index (χ0n) is 13.0. The number of aliphatic imine (C=N–C) groups is 1. The van der Waals surface area contributed by atoms with Crippen LogP contribution in [0.3, 0.4) is 0 Å². The Morgan fingerprint density at radius 1 is 1.17 bits per heavy atom. The van der Waals surface area contributed by atoms with Crippen molar-refractivity contribution in [3.8, 4) is 5.75 Å². The standard InChI is InChI=1S/C18H17FN2O2S/c19-15-8-4-5-9-16(15)23-13-17(22)21-10-11-24-18(21)20-12-14-6-2-1-3-7-14/h1-9H,10-13H2. The van der Waals surface area contributed by atoms with Crippen LogP contribution in [0.1, 0.15) is 5.56 Å². The highest BCUT2D eigenvalue weighted by atomic mass is 32.2. The minimum Gasteiger partial charge on any atom is -0.481 e. The lowest BCUT2D eigenvalue weighted by Crippen LogP contribution is -2.35. The van der Waals surface area contributed by atoms with Crippen LogP contribution in [0, 0.1) is 5.82 Å². The van der Waals surface area contributed by atoms with E-state index in [4.69, 9.17) is 4.74 Å². The molecule has 0 atom stereocenters. The van der Waals surface area contributed by atoms with Crippen LogP contribution in [0.4, 0.5) is 4.39 Å². The molecular weight excluding hydrogens is 327 g/mol. The second-order valence-corrected chi connectivity index (χ2v) is 6.26. The van der Waals surface area contributed by atoms with E-state index in [2.05, 4.69) is 4.99 Å². The van der Waals surface area contributed by atoms with Crippen molar-refractivity contribution in [3.63, 3.8) is 0 Å². The maximum Gasteiger partial charge on any atom is 0.266 e. The topological polar surface area (TPSA) is 41.9 Å². The van der Waals surface area contributed by atoms with Crippen LogP contribution < -0.4 is 4.74 Å². The number of rotatable bonds is 5. The third-order valence-corrected chi connectivity index (χ3v) is 4.50. The lowest BCUT2D eigenvalue weighted by atomic mass is 10.2. The molecule has 1 saturated heterocycles. The van der Waals surface area contributed by atoms with Gasteiger partial charge in [0.05, 0.1) is 6.54 Å². The SMILES string of the molecule is O=C(COc1ccccc1F)N1CCSC1=NCc1ccccc1. The van der Waals surface area contributed by atoms with Crippen LogP contribution >= 0.6 is 11.8 Å². The zero-order valence-corrected chi connectivity index (χ0v) is 13.8. The van der Waals surface area contributed by atoms with E-state index in [0.717, 1.165) is 11.3 Å². The first-order valence-corrected chi connectivity index (χ1v) is 8.61. The van der Waals surface area contributed by atoms with E-state index in [1.54, 1.807) is 28.8 Å². The third-order valence-electron chi connectivity index (χ3n) is 3.51. The fourth-order valence-corrected chi connectivity index (χ4v) is 3.25. The van der Waals surface area contributed by atoms with Gasteiger partial charge in [0.2, 0.25) is 0 Å². The van der Waals surface area contributed by atoms with E-state index in [1.165, 1.54) is 12.1 Å². The Morgan fingerprint density at radius 3 is 2.71 bits per heavy atom. The molecule has 24 heavy (non-hydrogen) atoms. The van der Waals surface area contributed by atoms with Crippen molar-refractivity contribution in [1.82, 2.24) is 4.90 Å². The number of hydrogen-bond acceptors (Lipinski definition) is 4. The number of amidine groups is 1. The molecule has 0 saturated carbocycles. The van der Waals surface area contributed by atoms with Gasteiger partial charge in [0.25, 0.3) is 5.91 Å². The minimum absolute atomic E-state index is 0.0838. The van der Waals surface area contributed by atoms with Gasteiger partial charge in [0, 0.05) is 12.3 Å². The zero-order chi connectivity index (χ0) is 16.8. The summed E-state index contributed by atoms with van der Waals surface area (Å²) in [6.45, 7) is 0.921. The second kappa shape index (κ2) is 7.97. The molecule has 1 amide bonds. The molecule has 4 nitrogen and oxygen atoms in total. The molecule has 0 aromatic heterocycles. The smallest absolute Gasteiger partial charge is 0.266 e. The number of carbonyl (C=O) groups is 1. The van der Waals surface area contributed by atoms with Crippen LogP contribution in [-0.4, -0.2) is 34.9 Å². The summed E-state index contributed by atoms with van der Waals surface area (Å²) in [6.07, 6.45) is 0. The molecule has 0 aliphatic carbocycles. The average molecular weight is 344 g/mol. The van der Waals surface area contributed by atoms with Gasteiger partial charge in [-0.05, 0) is 17.7 Å². The van der Waals surface area contributed by atoms with E-state index in [9.17, 15) is 9.18 Å². The molecule has 0 N–H and O–H groups in total. The molecule has 0 radical (unpaired) electrons. The van der Waals surface area contributed by atoms with Crippen molar-refractivity contribution in [2.24, 2.45) is 4.99 Å². The monoisotopic (exact) mass is 344 g/mol. The Kier molecular flexibility index (Phi) is 5.48. The number of ether oxygens (including phenoxy) is 1. The average Bonchev–Trinajstić information content (AvgIpc) is 3.08. The summed E-state index contributed by atoms with van der Waals surface area (Å²) < 4.78 is 18.8. The first kappa shape index (κ1) is 16.5. The number of benzene rings is 2. The highest BCUT2D eigenvalue weighted by Gasteiger charge is 2.26. The first-order chi connectivity index (χ1) is 11.7. The van der Waals surface area contributed by atoms with E-state index < -0.39 is 5.82 Å². The highest BCUT2D eigenvalue weighted by Crippen LogP contribution is 2.20. The molecule has 6 heteroatoms. The second-order valence-electron chi connectivity index (χ2n) is 5.20. The summed E-state index contributed by atoms with van der Waals surface area (Å²) in [5.41, 5.74) is 1.09. The molecule has 1 heterocycles. The number of hydrogen-bond donors (Lipinski definition) is 0. The van der Waals surface area contributed by atoms with Crippen molar-refractivity contribution in [3.05, 3.63) is 66.0 Å². The van der Waals surface area contributed by atoms with Crippen LogP contribution in [0.15, 0.2) is 59.6 Å². The maximum atomic E-state index is 13.5. The molecule has 0 unspecified atom stereocenters. The Morgan fingerprint density at radius 2 is 1.92 bits per heavy atom. The fraction of sp³-hybridized carbons (Fsp3) is 0.222. The van der Waals surface area contributed by atoms with E-state index in [0.29, 0.717) is 18.3 Å². The van der Waals surface area contributed by atoms with E-state index in [1.807, 2.05) is 30.3 Å². The van der Waals surface area contributed by atoms with Gasteiger partial charge in [-0.3, -0.25) is 14.7 Å².